The largest absolute Gasteiger partial charge is 0.495 e. The normalized spacial score (nSPS) is 14.8. The molecule has 3 aromatic rings. The molecule has 1 aliphatic heterocycles. The number of likely N-dealkylation sites (N-methyl/N-ethyl adjacent to an activating group) is 1. The Morgan fingerprint density at radius 3 is 2.54 bits per heavy atom. The van der Waals surface area contributed by atoms with Crippen LogP contribution < -0.4 is 20.2 Å². The molecular weight excluding hydrogens is 538 g/mol. The highest BCUT2D eigenvalue weighted by atomic mass is 79.9. The number of methoxy groups -OCH3 is 2. The van der Waals surface area contributed by atoms with Gasteiger partial charge in [-0.25, -0.2) is 0 Å². The van der Waals surface area contributed by atoms with Crippen molar-refractivity contribution < 1.29 is 18.7 Å². The van der Waals surface area contributed by atoms with Gasteiger partial charge < -0.3 is 24.1 Å². The van der Waals surface area contributed by atoms with Gasteiger partial charge in [-0.05, 0) is 58.9 Å². The topological polar surface area (TPSA) is 84.3 Å². The van der Waals surface area contributed by atoms with E-state index in [1.807, 2.05) is 6.07 Å². The summed E-state index contributed by atoms with van der Waals surface area (Å²) < 4.78 is 17.4. The fourth-order valence-corrected chi connectivity index (χ4v) is 4.89. The highest BCUT2D eigenvalue weighted by molar-refractivity contribution is 9.10. The zero-order valence-corrected chi connectivity index (χ0v) is 22.2. The quantitative estimate of drug-likeness (QED) is 0.468. The van der Waals surface area contributed by atoms with E-state index in [2.05, 4.69) is 38.1 Å². The number of nitrogens with zero attached hydrogens (tertiary/aromatic N) is 2. The smallest absolute Gasteiger partial charge is 0.235 e. The standard InChI is InChI=1S/C25H27BrClN3O5/c1-29-6-8-30(9-7-29)14-21(31)28-13-15-10-17-22(32)25(34-3)23(35-24(17)18(26)11-15)16-4-5-20(33-2)19(27)12-16/h4-5,10-12H,6-9,13-14H2,1-3H3,(H,28,31). The second-order valence-electron chi connectivity index (χ2n) is 8.45. The molecule has 1 aromatic heterocycles. The lowest BCUT2D eigenvalue weighted by atomic mass is 10.1. The maximum Gasteiger partial charge on any atom is 0.235 e. The molecular formula is C25H27BrClN3O5. The summed E-state index contributed by atoms with van der Waals surface area (Å²) in [7, 11) is 5.03. The molecule has 0 bridgehead atoms. The second-order valence-corrected chi connectivity index (χ2v) is 9.71. The third kappa shape index (κ3) is 5.64. The molecule has 4 rings (SSSR count). The van der Waals surface area contributed by atoms with Gasteiger partial charge in [0.25, 0.3) is 0 Å². The molecule has 186 valence electrons. The van der Waals surface area contributed by atoms with Gasteiger partial charge in [0, 0.05) is 38.3 Å². The molecule has 0 unspecified atom stereocenters. The van der Waals surface area contributed by atoms with Crippen LogP contribution in [0.4, 0.5) is 0 Å². The van der Waals surface area contributed by atoms with Gasteiger partial charge in [0.2, 0.25) is 17.1 Å². The van der Waals surface area contributed by atoms with Gasteiger partial charge in [0.05, 0.1) is 35.6 Å². The van der Waals surface area contributed by atoms with Gasteiger partial charge in [-0.2, -0.15) is 0 Å². The van der Waals surface area contributed by atoms with Crippen molar-refractivity contribution in [1.29, 1.82) is 0 Å². The van der Waals surface area contributed by atoms with E-state index in [-0.39, 0.29) is 22.8 Å². The van der Waals surface area contributed by atoms with Crippen LogP contribution in [0.15, 0.2) is 44.0 Å². The summed E-state index contributed by atoms with van der Waals surface area (Å²) in [5.41, 5.74) is 1.41. The average molecular weight is 565 g/mol. The number of hydrogen-bond donors (Lipinski definition) is 1. The number of carbonyl (C=O) groups excluding carboxylic acids is 1. The van der Waals surface area contributed by atoms with Gasteiger partial charge >= 0.3 is 0 Å². The Morgan fingerprint density at radius 1 is 1.14 bits per heavy atom. The van der Waals surface area contributed by atoms with E-state index < -0.39 is 0 Å². The van der Waals surface area contributed by atoms with Gasteiger partial charge in [0.1, 0.15) is 5.75 Å². The highest BCUT2D eigenvalue weighted by Crippen LogP contribution is 2.37. The molecule has 0 spiro atoms. The van der Waals surface area contributed by atoms with Crippen molar-refractivity contribution >= 4 is 44.4 Å². The second kappa shape index (κ2) is 11.0. The first-order chi connectivity index (χ1) is 16.8. The van der Waals surface area contributed by atoms with Crippen molar-refractivity contribution in [2.75, 3.05) is 54.0 Å². The van der Waals surface area contributed by atoms with Crippen LogP contribution in [-0.2, 0) is 11.3 Å². The van der Waals surface area contributed by atoms with E-state index in [9.17, 15) is 9.59 Å². The Morgan fingerprint density at radius 2 is 1.89 bits per heavy atom. The van der Waals surface area contributed by atoms with Crippen LogP contribution in [0.3, 0.4) is 0 Å². The summed E-state index contributed by atoms with van der Waals surface area (Å²) in [5, 5.41) is 3.68. The number of benzene rings is 2. The summed E-state index contributed by atoms with van der Waals surface area (Å²) in [6.07, 6.45) is 0. The Labute approximate surface area is 216 Å². The van der Waals surface area contributed by atoms with Gasteiger partial charge in [-0.1, -0.05) is 11.6 Å². The van der Waals surface area contributed by atoms with Crippen LogP contribution >= 0.6 is 27.5 Å². The van der Waals surface area contributed by atoms with Crippen LogP contribution in [0, 0.1) is 0 Å². The molecule has 1 fully saturated rings. The van der Waals surface area contributed by atoms with Crippen molar-refractivity contribution in [2.24, 2.45) is 0 Å². The number of halogens is 2. The molecule has 0 aliphatic carbocycles. The predicted octanol–water partition coefficient (Wildman–Crippen LogP) is 3.76. The monoisotopic (exact) mass is 563 g/mol. The number of fused-ring (bicyclic) bond motifs is 1. The number of rotatable bonds is 7. The van der Waals surface area contributed by atoms with Gasteiger partial charge in [0.15, 0.2) is 11.3 Å². The average Bonchev–Trinajstić information content (AvgIpc) is 2.84. The summed E-state index contributed by atoms with van der Waals surface area (Å²) >= 11 is 9.80. The summed E-state index contributed by atoms with van der Waals surface area (Å²) in [6, 6.07) is 8.65. The zero-order chi connectivity index (χ0) is 25.1. The first-order valence-corrected chi connectivity index (χ1v) is 12.3. The predicted molar refractivity (Wildman–Crippen MR) is 140 cm³/mol. The van der Waals surface area contributed by atoms with Crippen LogP contribution in [0.25, 0.3) is 22.3 Å². The minimum Gasteiger partial charge on any atom is -0.495 e. The van der Waals surface area contributed by atoms with Gasteiger partial charge in [-0.15, -0.1) is 0 Å². The Hall–Kier alpha value is -2.59. The highest BCUT2D eigenvalue weighted by Gasteiger charge is 2.21. The van der Waals surface area contributed by atoms with Crippen LogP contribution in [0.2, 0.25) is 5.02 Å². The third-order valence-corrected chi connectivity index (χ3v) is 6.92. The number of ether oxygens (including phenoxy) is 2. The SMILES string of the molecule is COc1ccc(-c2oc3c(Br)cc(CNC(=O)CN4CCN(C)CC4)cc3c(=O)c2OC)cc1Cl. The van der Waals surface area contributed by atoms with Gasteiger partial charge in [-0.3, -0.25) is 14.5 Å². The summed E-state index contributed by atoms with van der Waals surface area (Å²) in [5.74, 6) is 0.797. The lowest BCUT2D eigenvalue weighted by Gasteiger charge is -2.31. The molecule has 10 heteroatoms. The van der Waals surface area contributed by atoms with Crippen molar-refractivity contribution in [3.63, 3.8) is 0 Å². The van der Waals surface area contributed by atoms with Crippen LogP contribution in [0.1, 0.15) is 5.56 Å². The first kappa shape index (κ1) is 25.5. The van der Waals surface area contributed by atoms with Crippen molar-refractivity contribution in [3.8, 4) is 22.8 Å². The minimum atomic E-state index is -0.318. The molecule has 35 heavy (non-hydrogen) atoms. The Bertz CT molecular complexity index is 1300. The molecule has 0 saturated carbocycles. The number of amides is 1. The fourth-order valence-electron chi connectivity index (χ4n) is 4.05. The number of piperazine rings is 1. The van der Waals surface area contributed by atoms with E-state index in [0.717, 1.165) is 31.7 Å². The Balaban J connectivity index is 1.59. The van der Waals surface area contributed by atoms with E-state index in [4.69, 9.17) is 25.5 Å². The first-order valence-electron chi connectivity index (χ1n) is 11.2. The third-order valence-electron chi connectivity index (χ3n) is 6.04. The molecule has 1 aliphatic rings. The lowest BCUT2D eigenvalue weighted by Crippen LogP contribution is -2.48. The van der Waals surface area contributed by atoms with E-state index in [1.54, 1.807) is 24.3 Å². The van der Waals surface area contributed by atoms with E-state index in [0.29, 0.717) is 44.9 Å². The number of nitrogens with one attached hydrogen (secondary N) is 1. The molecule has 1 amide bonds. The summed E-state index contributed by atoms with van der Waals surface area (Å²) in [4.78, 5) is 30.2. The minimum absolute atomic E-state index is 0.0536. The van der Waals surface area contributed by atoms with Crippen molar-refractivity contribution in [3.05, 3.63) is 55.6 Å². The van der Waals surface area contributed by atoms with Crippen molar-refractivity contribution in [1.82, 2.24) is 15.1 Å². The number of hydrogen-bond acceptors (Lipinski definition) is 7. The molecule has 0 atom stereocenters. The molecule has 8 nitrogen and oxygen atoms in total. The number of carbonyl (C=O) groups is 1. The van der Waals surface area contributed by atoms with Crippen LogP contribution in [-0.4, -0.2) is 69.7 Å². The molecule has 1 saturated heterocycles. The lowest BCUT2D eigenvalue weighted by molar-refractivity contribution is -0.122. The molecule has 2 aromatic carbocycles. The van der Waals surface area contributed by atoms with Crippen LogP contribution in [0.5, 0.6) is 11.5 Å². The van der Waals surface area contributed by atoms with E-state index in [1.165, 1.54) is 14.2 Å². The Kier molecular flexibility index (Phi) is 8.01. The maximum absolute atomic E-state index is 13.3. The zero-order valence-electron chi connectivity index (χ0n) is 19.8. The summed E-state index contributed by atoms with van der Waals surface area (Å²) in [6.45, 7) is 4.29. The van der Waals surface area contributed by atoms with Crippen molar-refractivity contribution in [2.45, 2.75) is 6.54 Å². The van der Waals surface area contributed by atoms with E-state index >= 15 is 0 Å². The molecule has 2 heterocycles. The molecule has 0 radical (unpaired) electrons. The molecule has 1 N–H and O–H groups in total. The fraction of sp³-hybridized carbons (Fsp3) is 0.360. The maximum atomic E-state index is 13.3.